The number of hydrogen-bond acceptors (Lipinski definition) is 4. The predicted molar refractivity (Wildman–Crippen MR) is 108 cm³/mol. The summed E-state index contributed by atoms with van der Waals surface area (Å²) in [5.41, 5.74) is 6.06. The highest BCUT2D eigenvalue weighted by molar-refractivity contribution is 7.18. The van der Waals surface area contributed by atoms with E-state index in [-0.39, 0.29) is 17.7 Å². The maximum absolute atomic E-state index is 13.1. The Morgan fingerprint density at radius 2 is 1.70 bits per heavy atom. The number of para-hydroxylation sites is 1. The number of carbonyl (C=O) groups excluding carboxylic acids is 2. The molecule has 1 atom stereocenters. The van der Waals surface area contributed by atoms with E-state index in [4.69, 9.17) is 0 Å². The number of hydrogen-bond donors (Lipinski definition) is 2. The molecule has 2 N–H and O–H groups in total. The van der Waals surface area contributed by atoms with Gasteiger partial charge in [0.05, 0.1) is 20.6 Å². The standard InChI is InChI=1S/C21H23N3O2S/c1-14(2)19(25)23-24-20(26)21(3,15-9-5-4-6-10-15)13-18-22-16-11-7-8-12-17(16)27-18/h4-12,14H,13H2,1-3H3,(H,23,25)(H,24,26)/t21-/m1/s1. The first kappa shape index (κ1) is 19.0. The fourth-order valence-electron chi connectivity index (χ4n) is 2.82. The smallest absolute Gasteiger partial charge is 0.249 e. The number of aromatic nitrogens is 1. The van der Waals surface area contributed by atoms with Crippen LogP contribution in [0.25, 0.3) is 10.2 Å². The maximum atomic E-state index is 13.1. The highest BCUT2D eigenvalue weighted by atomic mass is 32.1. The van der Waals surface area contributed by atoms with Crippen LogP contribution in [0.1, 0.15) is 31.3 Å². The predicted octanol–water partition coefficient (Wildman–Crippen LogP) is 3.60. The van der Waals surface area contributed by atoms with E-state index in [0.717, 1.165) is 20.8 Å². The van der Waals surface area contributed by atoms with Gasteiger partial charge in [0.2, 0.25) is 11.8 Å². The summed E-state index contributed by atoms with van der Waals surface area (Å²) in [5, 5.41) is 0.882. The van der Waals surface area contributed by atoms with Gasteiger partial charge in [-0.05, 0) is 24.6 Å². The average Bonchev–Trinajstić information content (AvgIpc) is 3.08. The van der Waals surface area contributed by atoms with Crippen molar-refractivity contribution in [3.8, 4) is 0 Å². The van der Waals surface area contributed by atoms with Crippen molar-refractivity contribution in [2.75, 3.05) is 0 Å². The van der Waals surface area contributed by atoms with Gasteiger partial charge in [-0.1, -0.05) is 56.3 Å². The molecule has 0 radical (unpaired) electrons. The Kier molecular flexibility index (Phi) is 5.56. The van der Waals surface area contributed by atoms with Crippen molar-refractivity contribution in [1.29, 1.82) is 0 Å². The van der Waals surface area contributed by atoms with Crippen LogP contribution >= 0.6 is 11.3 Å². The number of carbonyl (C=O) groups is 2. The number of amides is 2. The molecule has 0 aliphatic carbocycles. The van der Waals surface area contributed by atoms with Gasteiger partial charge in [-0.15, -0.1) is 11.3 Å². The Bertz CT molecular complexity index is 919. The minimum Gasteiger partial charge on any atom is -0.273 e. The molecule has 27 heavy (non-hydrogen) atoms. The molecule has 0 unspecified atom stereocenters. The molecule has 0 aliphatic rings. The van der Waals surface area contributed by atoms with Gasteiger partial charge in [0, 0.05) is 12.3 Å². The first-order valence-electron chi connectivity index (χ1n) is 8.90. The van der Waals surface area contributed by atoms with Crippen molar-refractivity contribution < 1.29 is 9.59 Å². The van der Waals surface area contributed by atoms with Gasteiger partial charge in [0.15, 0.2) is 0 Å². The van der Waals surface area contributed by atoms with Crippen LogP contribution in [0.4, 0.5) is 0 Å². The van der Waals surface area contributed by atoms with E-state index in [2.05, 4.69) is 15.8 Å². The Morgan fingerprint density at radius 3 is 2.37 bits per heavy atom. The molecule has 0 fully saturated rings. The molecule has 0 bridgehead atoms. The van der Waals surface area contributed by atoms with Crippen molar-refractivity contribution in [1.82, 2.24) is 15.8 Å². The van der Waals surface area contributed by atoms with Crippen molar-refractivity contribution in [2.24, 2.45) is 5.92 Å². The summed E-state index contributed by atoms with van der Waals surface area (Å²) >= 11 is 1.59. The number of benzene rings is 2. The fourth-order valence-corrected chi connectivity index (χ4v) is 3.94. The van der Waals surface area contributed by atoms with Crippen LogP contribution in [-0.2, 0) is 21.4 Å². The Balaban J connectivity index is 1.90. The molecule has 0 aliphatic heterocycles. The minimum atomic E-state index is -0.862. The lowest BCUT2D eigenvalue weighted by Crippen LogP contribution is -2.52. The Hall–Kier alpha value is -2.73. The molecular weight excluding hydrogens is 358 g/mol. The van der Waals surface area contributed by atoms with Gasteiger partial charge in [-0.2, -0.15) is 0 Å². The summed E-state index contributed by atoms with van der Waals surface area (Å²) in [5.74, 6) is -0.696. The van der Waals surface area contributed by atoms with Crippen LogP contribution in [-0.4, -0.2) is 16.8 Å². The minimum absolute atomic E-state index is 0.211. The molecule has 2 amide bonds. The molecule has 1 aromatic heterocycles. The second-order valence-corrected chi connectivity index (χ2v) is 8.16. The quantitative estimate of drug-likeness (QED) is 0.664. The number of hydrazine groups is 1. The third-order valence-corrected chi connectivity index (χ3v) is 5.62. The van der Waals surface area contributed by atoms with Gasteiger partial charge < -0.3 is 0 Å². The molecule has 1 heterocycles. The van der Waals surface area contributed by atoms with Crippen molar-refractivity contribution >= 4 is 33.4 Å². The topological polar surface area (TPSA) is 71.1 Å². The zero-order chi connectivity index (χ0) is 19.4. The van der Waals surface area contributed by atoms with Crippen LogP contribution in [0.3, 0.4) is 0 Å². The first-order chi connectivity index (χ1) is 12.9. The zero-order valence-electron chi connectivity index (χ0n) is 15.7. The van der Waals surface area contributed by atoms with Gasteiger partial charge in [0.25, 0.3) is 0 Å². The van der Waals surface area contributed by atoms with Gasteiger partial charge in [-0.25, -0.2) is 4.98 Å². The highest BCUT2D eigenvalue weighted by Gasteiger charge is 2.37. The summed E-state index contributed by atoms with van der Waals surface area (Å²) in [6.45, 7) is 5.43. The maximum Gasteiger partial charge on any atom is 0.249 e. The van der Waals surface area contributed by atoms with Crippen molar-refractivity contribution in [3.63, 3.8) is 0 Å². The molecule has 3 rings (SSSR count). The lowest BCUT2D eigenvalue weighted by molar-refractivity contribution is -0.133. The second-order valence-electron chi connectivity index (χ2n) is 7.05. The van der Waals surface area contributed by atoms with Crippen LogP contribution in [0.15, 0.2) is 54.6 Å². The number of nitrogens with zero attached hydrogens (tertiary/aromatic N) is 1. The van der Waals surface area contributed by atoms with E-state index in [1.165, 1.54) is 0 Å². The van der Waals surface area contributed by atoms with Crippen LogP contribution in [0.5, 0.6) is 0 Å². The molecule has 5 nitrogen and oxygen atoms in total. The van der Waals surface area contributed by atoms with Crippen molar-refractivity contribution in [2.45, 2.75) is 32.6 Å². The summed E-state index contributed by atoms with van der Waals surface area (Å²) in [6.07, 6.45) is 0.444. The largest absolute Gasteiger partial charge is 0.273 e. The average molecular weight is 382 g/mol. The summed E-state index contributed by atoms with van der Waals surface area (Å²) < 4.78 is 1.09. The SMILES string of the molecule is CC(C)C(=O)NNC(=O)[C@](C)(Cc1nc2ccccc2s1)c1ccccc1. The summed E-state index contributed by atoms with van der Waals surface area (Å²) in [4.78, 5) is 29.6. The molecule has 0 saturated carbocycles. The highest BCUT2D eigenvalue weighted by Crippen LogP contribution is 2.32. The Morgan fingerprint density at radius 1 is 1.04 bits per heavy atom. The zero-order valence-corrected chi connectivity index (χ0v) is 16.5. The van der Waals surface area contributed by atoms with Gasteiger partial charge in [-0.3, -0.25) is 20.4 Å². The third-order valence-electron chi connectivity index (χ3n) is 4.58. The van der Waals surface area contributed by atoms with E-state index < -0.39 is 5.41 Å². The summed E-state index contributed by atoms with van der Waals surface area (Å²) in [7, 11) is 0. The number of thiazole rings is 1. The van der Waals surface area contributed by atoms with Crippen LogP contribution in [0, 0.1) is 5.92 Å². The number of fused-ring (bicyclic) bond motifs is 1. The van der Waals surface area contributed by atoms with E-state index in [9.17, 15) is 9.59 Å². The molecule has 0 saturated heterocycles. The Labute approximate surface area is 162 Å². The first-order valence-corrected chi connectivity index (χ1v) is 9.72. The lowest BCUT2D eigenvalue weighted by Gasteiger charge is -2.28. The van der Waals surface area contributed by atoms with E-state index >= 15 is 0 Å². The van der Waals surface area contributed by atoms with Gasteiger partial charge >= 0.3 is 0 Å². The van der Waals surface area contributed by atoms with Gasteiger partial charge in [0.1, 0.15) is 0 Å². The molecule has 2 aromatic carbocycles. The number of nitrogens with one attached hydrogen (secondary N) is 2. The van der Waals surface area contributed by atoms with E-state index in [1.54, 1.807) is 25.2 Å². The monoisotopic (exact) mass is 381 g/mol. The molecule has 0 spiro atoms. The lowest BCUT2D eigenvalue weighted by atomic mass is 9.79. The van der Waals surface area contributed by atoms with E-state index in [1.807, 2.05) is 61.5 Å². The van der Waals surface area contributed by atoms with E-state index in [0.29, 0.717) is 6.42 Å². The number of rotatable bonds is 5. The second kappa shape index (κ2) is 7.88. The van der Waals surface area contributed by atoms with Crippen LogP contribution in [0.2, 0.25) is 0 Å². The summed E-state index contributed by atoms with van der Waals surface area (Å²) in [6, 6.07) is 17.5. The molecule has 140 valence electrons. The molecular formula is C21H23N3O2S. The molecule has 3 aromatic rings. The molecule has 6 heteroatoms. The van der Waals surface area contributed by atoms with Crippen LogP contribution < -0.4 is 10.9 Å². The fraction of sp³-hybridized carbons (Fsp3) is 0.286. The van der Waals surface area contributed by atoms with Crippen molar-refractivity contribution in [3.05, 3.63) is 65.2 Å². The normalized spacial score (nSPS) is 13.3. The third kappa shape index (κ3) is 4.17.